The summed E-state index contributed by atoms with van der Waals surface area (Å²) in [5, 5.41) is 0. The number of alkyl halides is 3. The van der Waals surface area contributed by atoms with Crippen LogP contribution in [0, 0.1) is 6.92 Å². The van der Waals surface area contributed by atoms with Crippen molar-refractivity contribution >= 4 is 0 Å². The predicted octanol–water partition coefficient (Wildman–Crippen LogP) is 4.52. The van der Waals surface area contributed by atoms with Gasteiger partial charge in [-0.2, -0.15) is 13.2 Å². The fourth-order valence-corrected chi connectivity index (χ4v) is 1.05. The molecule has 0 saturated carbocycles. The van der Waals surface area contributed by atoms with E-state index in [9.17, 15) is 13.2 Å². The Morgan fingerprint density at radius 1 is 1.13 bits per heavy atom. The van der Waals surface area contributed by atoms with Crippen molar-refractivity contribution < 1.29 is 13.2 Å². The van der Waals surface area contributed by atoms with Crippen LogP contribution < -0.4 is 0 Å². The molecule has 0 radical (unpaired) electrons. The van der Waals surface area contributed by atoms with E-state index in [0.29, 0.717) is 5.56 Å². The summed E-state index contributed by atoms with van der Waals surface area (Å²) < 4.78 is 35.6. The van der Waals surface area contributed by atoms with Gasteiger partial charge in [0.05, 0.1) is 6.42 Å². The second-order valence-corrected chi connectivity index (χ2v) is 3.49. The molecule has 0 saturated heterocycles. The van der Waals surface area contributed by atoms with Crippen LogP contribution in [0.3, 0.4) is 0 Å². The summed E-state index contributed by atoms with van der Waals surface area (Å²) in [6.45, 7) is 6.03. The standard InChI is InChI=1S/C9H9F3.C3H8/c1-7-3-2-4-8(5-7)6-9(10,11)12;1-3-2/h2-5H,6H2,1H3;3H2,1-2H3. The Morgan fingerprint density at radius 3 is 2.07 bits per heavy atom. The van der Waals surface area contributed by atoms with E-state index < -0.39 is 12.6 Å². The highest BCUT2D eigenvalue weighted by Gasteiger charge is 2.27. The van der Waals surface area contributed by atoms with Gasteiger partial charge in [-0.25, -0.2) is 0 Å². The summed E-state index contributed by atoms with van der Waals surface area (Å²) in [5.41, 5.74) is 1.18. The molecule has 0 unspecified atom stereocenters. The summed E-state index contributed by atoms with van der Waals surface area (Å²) in [4.78, 5) is 0. The Balaban J connectivity index is 0.000000583. The summed E-state index contributed by atoms with van der Waals surface area (Å²) in [7, 11) is 0. The largest absolute Gasteiger partial charge is 0.393 e. The summed E-state index contributed by atoms with van der Waals surface area (Å²) in [5.74, 6) is 0. The second kappa shape index (κ2) is 6.49. The molecule has 3 heteroatoms. The van der Waals surface area contributed by atoms with Gasteiger partial charge in [0.15, 0.2) is 0 Å². The van der Waals surface area contributed by atoms with E-state index in [-0.39, 0.29) is 0 Å². The van der Waals surface area contributed by atoms with Gasteiger partial charge in [0.1, 0.15) is 0 Å². The van der Waals surface area contributed by atoms with Gasteiger partial charge < -0.3 is 0 Å². The topological polar surface area (TPSA) is 0 Å². The number of rotatable bonds is 1. The smallest absolute Gasteiger partial charge is 0.171 e. The van der Waals surface area contributed by atoms with Gasteiger partial charge in [-0.1, -0.05) is 50.1 Å². The molecular formula is C12H17F3. The van der Waals surface area contributed by atoms with Crippen molar-refractivity contribution in [2.24, 2.45) is 0 Å². The average molecular weight is 218 g/mol. The molecular weight excluding hydrogens is 201 g/mol. The van der Waals surface area contributed by atoms with E-state index >= 15 is 0 Å². The molecule has 0 spiro atoms. The number of benzene rings is 1. The van der Waals surface area contributed by atoms with Gasteiger partial charge in [-0.05, 0) is 12.5 Å². The Kier molecular flexibility index (Phi) is 6.06. The molecule has 1 rings (SSSR count). The molecule has 1 aromatic carbocycles. The molecule has 0 fully saturated rings. The third-order valence-corrected chi connectivity index (χ3v) is 1.49. The first-order valence-electron chi connectivity index (χ1n) is 5.01. The van der Waals surface area contributed by atoms with Gasteiger partial charge in [-0.15, -0.1) is 0 Å². The first-order chi connectivity index (χ1) is 6.89. The number of hydrogen-bond donors (Lipinski definition) is 0. The minimum absolute atomic E-state index is 0.322. The molecule has 0 heterocycles. The van der Waals surface area contributed by atoms with Crippen LogP contribution in [0.5, 0.6) is 0 Å². The van der Waals surface area contributed by atoms with Crippen LogP contribution in [0.2, 0.25) is 0 Å². The number of hydrogen-bond acceptors (Lipinski definition) is 0. The number of aryl methyl sites for hydroxylation is 1. The highest BCUT2D eigenvalue weighted by molar-refractivity contribution is 5.22. The summed E-state index contributed by atoms with van der Waals surface area (Å²) in [6, 6.07) is 6.45. The SMILES string of the molecule is CCC.Cc1cccc(CC(F)(F)F)c1. The molecule has 0 aliphatic heterocycles. The van der Waals surface area contributed by atoms with Gasteiger partial charge in [0.2, 0.25) is 0 Å². The highest BCUT2D eigenvalue weighted by atomic mass is 19.4. The third-order valence-electron chi connectivity index (χ3n) is 1.49. The maximum atomic E-state index is 11.9. The van der Waals surface area contributed by atoms with E-state index in [2.05, 4.69) is 13.8 Å². The third kappa shape index (κ3) is 8.03. The van der Waals surface area contributed by atoms with Crippen molar-refractivity contribution in [2.45, 2.75) is 39.8 Å². The lowest BCUT2D eigenvalue weighted by molar-refractivity contribution is -0.127. The first-order valence-corrected chi connectivity index (χ1v) is 5.01. The summed E-state index contributed by atoms with van der Waals surface area (Å²) in [6.07, 6.45) is -3.69. The molecule has 0 aliphatic carbocycles. The first kappa shape index (κ1) is 14.0. The van der Waals surface area contributed by atoms with Crippen molar-refractivity contribution in [1.82, 2.24) is 0 Å². The zero-order valence-electron chi connectivity index (χ0n) is 9.36. The Labute approximate surface area is 89.1 Å². The monoisotopic (exact) mass is 218 g/mol. The fourth-order valence-electron chi connectivity index (χ4n) is 1.05. The van der Waals surface area contributed by atoms with Crippen molar-refractivity contribution in [1.29, 1.82) is 0 Å². The van der Waals surface area contributed by atoms with Crippen molar-refractivity contribution in [2.75, 3.05) is 0 Å². The van der Waals surface area contributed by atoms with Gasteiger partial charge >= 0.3 is 6.18 Å². The molecule has 0 bridgehead atoms. The van der Waals surface area contributed by atoms with E-state index in [0.717, 1.165) is 5.56 Å². The summed E-state index contributed by atoms with van der Waals surface area (Å²) >= 11 is 0. The Hall–Kier alpha value is -0.990. The average Bonchev–Trinajstić information content (AvgIpc) is 2.01. The minimum atomic E-state index is -4.10. The van der Waals surface area contributed by atoms with Crippen molar-refractivity contribution in [3.05, 3.63) is 35.4 Å². The Morgan fingerprint density at radius 2 is 1.67 bits per heavy atom. The van der Waals surface area contributed by atoms with Crippen molar-refractivity contribution in [3.63, 3.8) is 0 Å². The van der Waals surface area contributed by atoms with Crippen molar-refractivity contribution in [3.8, 4) is 0 Å². The lowest BCUT2D eigenvalue weighted by atomic mass is 10.1. The van der Waals surface area contributed by atoms with Gasteiger partial charge in [0.25, 0.3) is 0 Å². The van der Waals surface area contributed by atoms with Crippen LogP contribution in [-0.2, 0) is 6.42 Å². The van der Waals surface area contributed by atoms with Crippen LogP contribution in [0.25, 0.3) is 0 Å². The molecule has 0 atom stereocenters. The molecule has 15 heavy (non-hydrogen) atoms. The zero-order valence-corrected chi connectivity index (χ0v) is 9.36. The quantitative estimate of drug-likeness (QED) is 0.650. The van der Waals surface area contributed by atoms with Gasteiger partial charge in [0, 0.05) is 0 Å². The van der Waals surface area contributed by atoms with E-state index in [4.69, 9.17) is 0 Å². The maximum Gasteiger partial charge on any atom is 0.393 e. The molecule has 0 N–H and O–H groups in total. The Bertz CT molecular complexity index is 276. The van der Waals surface area contributed by atoms with Crippen LogP contribution >= 0.6 is 0 Å². The molecule has 86 valence electrons. The van der Waals surface area contributed by atoms with E-state index in [1.165, 1.54) is 12.5 Å². The van der Waals surface area contributed by atoms with Crippen LogP contribution in [0.1, 0.15) is 31.4 Å². The lowest BCUT2D eigenvalue weighted by Crippen LogP contribution is -2.11. The molecule has 0 aliphatic rings. The predicted molar refractivity (Wildman–Crippen MR) is 56.9 cm³/mol. The minimum Gasteiger partial charge on any atom is -0.171 e. The molecule has 1 aromatic rings. The highest BCUT2D eigenvalue weighted by Crippen LogP contribution is 2.21. The number of halogens is 3. The molecule has 0 nitrogen and oxygen atoms in total. The second-order valence-electron chi connectivity index (χ2n) is 3.49. The van der Waals surface area contributed by atoms with Crippen LogP contribution in [-0.4, -0.2) is 6.18 Å². The lowest BCUT2D eigenvalue weighted by Gasteiger charge is -2.06. The van der Waals surface area contributed by atoms with Gasteiger partial charge in [-0.3, -0.25) is 0 Å². The normalized spacial score (nSPS) is 10.5. The fraction of sp³-hybridized carbons (Fsp3) is 0.500. The molecule has 0 aromatic heterocycles. The molecule has 0 amide bonds. The zero-order chi connectivity index (χ0) is 11.9. The van der Waals surface area contributed by atoms with E-state index in [1.54, 1.807) is 25.1 Å². The van der Waals surface area contributed by atoms with Crippen LogP contribution in [0.15, 0.2) is 24.3 Å². The maximum absolute atomic E-state index is 11.9. The van der Waals surface area contributed by atoms with E-state index in [1.807, 2.05) is 0 Å². The van der Waals surface area contributed by atoms with Crippen LogP contribution in [0.4, 0.5) is 13.2 Å².